The number of hydrogen-bond donors (Lipinski definition) is 0. The highest BCUT2D eigenvalue weighted by atomic mass is 16.6. The van der Waals surface area contributed by atoms with Gasteiger partial charge in [0.15, 0.2) is 5.82 Å². The zero-order valence-corrected chi connectivity index (χ0v) is 18.6. The van der Waals surface area contributed by atoms with Crippen molar-refractivity contribution in [1.29, 1.82) is 0 Å². The molecule has 8 heteroatoms. The topological polar surface area (TPSA) is 80.9 Å². The van der Waals surface area contributed by atoms with Gasteiger partial charge in [0.25, 0.3) is 0 Å². The number of amides is 1. The number of piperidine rings is 1. The maximum absolute atomic E-state index is 12.8. The minimum Gasteiger partial charge on any atom is -0.444 e. The highest BCUT2D eigenvalue weighted by molar-refractivity contribution is 5.69. The summed E-state index contributed by atoms with van der Waals surface area (Å²) >= 11 is 0. The standard InChI is InChI=1S/C22H36N4O4/c1-22(2,3)29-21(27)26-12-6-8-18(26)17-7-4-5-11-25(17)15-19-23-20(30-24-19)16-9-13-28-14-10-16/h16-18H,4-15H2,1-3H3/t17-,18+/m0/s1. The molecule has 0 aromatic carbocycles. The Labute approximate surface area is 179 Å². The molecule has 0 spiro atoms. The first kappa shape index (κ1) is 21.6. The second-order valence-electron chi connectivity index (χ2n) is 9.85. The number of carbonyl (C=O) groups excluding carboxylic acids is 1. The lowest BCUT2D eigenvalue weighted by molar-refractivity contribution is 0.00600. The lowest BCUT2D eigenvalue weighted by Crippen LogP contribution is -2.53. The summed E-state index contributed by atoms with van der Waals surface area (Å²) in [6.07, 6.45) is 7.22. The van der Waals surface area contributed by atoms with E-state index in [2.05, 4.69) is 10.1 Å². The Balaban J connectivity index is 1.42. The Hall–Kier alpha value is -1.67. The molecule has 3 saturated heterocycles. The molecule has 168 valence electrons. The van der Waals surface area contributed by atoms with Crippen LogP contribution in [0.15, 0.2) is 4.52 Å². The molecule has 0 unspecified atom stereocenters. The van der Waals surface area contributed by atoms with Crippen LogP contribution in [-0.4, -0.2) is 70.0 Å². The van der Waals surface area contributed by atoms with Crippen LogP contribution >= 0.6 is 0 Å². The summed E-state index contributed by atoms with van der Waals surface area (Å²) < 4.78 is 16.7. The molecule has 3 aliphatic heterocycles. The predicted octanol–water partition coefficient (Wildman–Crippen LogP) is 3.72. The van der Waals surface area contributed by atoms with Gasteiger partial charge in [-0.15, -0.1) is 0 Å². The first-order chi connectivity index (χ1) is 14.4. The zero-order valence-electron chi connectivity index (χ0n) is 18.6. The molecule has 0 saturated carbocycles. The molecule has 2 atom stereocenters. The molecule has 0 N–H and O–H groups in total. The van der Waals surface area contributed by atoms with E-state index in [-0.39, 0.29) is 12.1 Å². The maximum atomic E-state index is 12.8. The van der Waals surface area contributed by atoms with Gasteiger partial charge in [-0.3, -0.25) is 4.90 Å². The molecule has 1 aromatic rings. The van der Waals surface area contributed by atoms with Crippen molar-refractivity contribution >= 4 is 6.09 Å². The number of aromatic nitrogens is 2. The molecule has 1 amide bonds. The Morgan fingerprint density at radius 2 is 1.83 bits per heavy atom. The van der Waals surface area contributed by atoms with Crippen LogP contribution in [-0.2, 0) is 16.0 Å². The van der Waals surface area contributed by atoms with Crippen LogP contribution in [0.1, 0.15) is 83.3 Å². The molecule has 1 aromatic heterocycles. The number of rotatable bonds is 4. The fourth-order valence-corrected chi connectivity index (χ4v) is 5.01. The molecule has 4 heterocycles. The third-order valence-electron chi connectivity index (χ3n) is 6.43. The smallest absolute Gasteiger partial charge is 0.410 e. The summed E-state index contributed by atoms with van der Waals surface area (Å²) in [7, 11) is 0. The van der Waals surface area contributed by atoms with Crippen LogP contribution in [0.2, 0.25) is 0 Å². The van der Waals surface area contributed by atoms with Crippen molar-refractivity contribution in [2.75, 3.05) is 26.3 Å². The first-order valence-electron chi connectivity index (χ1n) is 11.5. The Bertz CT molecular complexity index is 710. The summed E-state index contributed by atoms with van der Waals surface area (Å²) in [5, 5.41) is 4.28. The van der Waals surface area contributed by atoms with E-state index < -0.39 is 5.60 Å². The molecule has 0 aliphatic carbocycles. The predicted molar refractivity (Wildman–Crippen MR) is 111 cm³/mol. The lowest BCUT2D eigenvalue weighted by atomic mass is 9.94. The number of likely N-dealkylation sites (tertiary alicyclic amines) is 2. The van der Waals surface area contributed by atoms with Crippen LogP contribution in [0.5, 0.6) is 0 Å². The summed E-state index contributed by atoms with van der Waals surface area (Å²) in [6, 6.07) is 0.515. The van der Waals surface area contributed by atoms with Crippen LogP contribution in [0.3, 0.4) is 0 Å². The van der Waals surface area contributed by atoms with E-state index in [1.165, 1.54) is 12.8 Å². The monoisotopic (exact) mass is 420 g/mol. The van der Waals surface area contributed by atoms with Gasteiger partial charge in [0.2, 0.25) is 5.89 Å². The molecule has 0 radical (unpaired) electrons. The highest BCUT2D eigenvalue weighted by Gasteiger charge is 2.40. The maximum Gasteiger partial charge on any atom is 0.410 e. The van der Waals surface area contributed by atoms with Gasteiger partial charge in [-0.25, -0.2) is 4.79 Å². The van der Waals surface area contributed by atoms with Crippen molar-refractivity contribution in [2.24, 2.45) is 0 Å². The van der Waals surface area contributed by atoms with Crippen molar-refractivity contribution in [1.82, 2.24) is 19.9 Å². The van der Waals surface area contributed by atoms with Crippen molar-refractivity contribution in [3.8, 4) is 0 Å². The Morgan fingerprint density at radius 1 is 1.07 bits per heavy atom. The van der Waals surface area contributed by atoms with E-state index in [0.717, 1.165) is 70.1 Å². The minimum atomic E-state index is -0.471. The Morgan fingerprint density at radius 3 is 2.60 bits per heavy atom. The summed E-state index contributed by atoms with van der Waals surface area (Å²) in [5.74, 6) is 1.82. The zero-order chi connectivity index (χ0) is 21.1. The number of ether oxygens (including phenoxy) is 2. The van der Waals surface area contributed by atoms with Crippen molar-refractivity contribution in [2.45, 2.75) is 95.9 Å². The van der Waals surface area contributed by atoms with Gasteiger partial charge in [-0.05, 0) is 65.8 Å². The normalized spacial score (nSPS) is 26.8. The second kappa shape index (κ2) is 9.22. The number of nitrogens with zero attached hydrogens (tertiary/aromatic N) is 4. The Kier molecular flexibility index (Phi) is 6.63. The van der Waals surface area contributed by atoms with Gasteiger partial charge in [-0.2, -0.15) is 4.98 Å². The van der Waals surface area contributed by atoms with Crippen LogP contribution in [0.25, 0.3) is 0 Å². The van der Waals surface area contributed by atoms with E-state index in [1.807, 2.05) is 25.7 Å². The lowest BCUT2D eigenvalue weighted by Gasteiger charge is -2.41. The summed E-state index contributed by atoms with van der Waals surface area (Å²) in [5.41, 5.74) is -0.471. The van der Waals surface area contributed by atoms with Gasteiger partial charge in [-0.1, -0.05) is 11.6 Å². The van der Waals surface area contributed by atoms with Crippen LogP contribution < -0.4 is 0 Å². The van der Waals surface area contributed by atoms with Gasteiger partial charge in [0.05, 0.1) is 12.6 Å². The minimum absolute atomic E-state index is 0.183. The van der Waals surface area contributed by atoms with Gasteiger partial charge in [0, 0.05) is 31.7 Å². The number of carbonyl (C=O) groups is 1. The second-order valence-corrected chi connectivity index (χ2v) is 9.85. The number of hydrogen-bond acceptors (Lipinski definition) is 7. The van der Waals surface area contributed by atoms with E-state index in [1.54, 1.807) is 0 Å². The molecule has 8 nitrogen and oxygen atoms in total. The van der Waals surface area contributed by atoms with Gasteiger partial charge in [0.1, 0.15) is 5.60 Å². The van der Waals surface area contributed by atoms with Crippen LogP contribution in [0, 0.1) is 0 Å². The fraction of sp³-hybridized carbons (Fsp3) is 0.864. The average molecular weight is 421 g/mol. The first-order valence-corrected chi connectivity index (χ1v) is 11.5. The SMILES string of the molecule is CC(C)(C)OC(=O)N1CCC[C@@H]1[C@@H]1CCCCN1Cc1noc(C2CCOCC2)n1. The van der Waals surface area contributed by atoms with E-state index in [0.29, 0.717) is 18.5 Å². The molecule has 4 rings (SSSR count). The molecule has 3 fully saturated rings. The average Bonchev–Trinajstić information content (AvgIpc) is 3.38. The van der Waals surface area contributed by atoms with E-state index in [4.69, 9.17) is 19.0 Å². The van der Waals surface area contributed by atoms with Crippen molar-refractivity contribution in [3.05, 3.63) is 11.7 Å². The quantitative estimate of drug-likeness (QED) is 0.734. The largest absolute Gasteiger partial charge is 0.444 e. The molecule has 30 heavy (non-hydrogen) atoms. The van der Waals surface area contributed by atoms with Crippen molar-refractivity contribution in [3.63, 3.8) is 0 Å². The molecule has 0 bridgehead atoms. The summed E-state index contributed by atoms with van der Waals surface area (Å²) in [4.78, 5) is 21.9. The van der Waals surface area contributed by atoms with Crippen molar-refractivity contribution < 1.29 is 18.8 Å². The highest BCUT2D eigenvalue weighted by Crippen LogP contribution is 2.32. The van der Waals surface area contributed by atoms with Gasteiger partial charge < -0.3 is 18.9 Å². The fourth-order valence-electron chi connectivity index (χ4n) is 5.01. The third-order valence-corrected chi connectivity index (χ3v) is 6.43. The molecule has 3 aliphatic rings. The van der Waals surface area contributed by atoms with E-state index >= 15 is 0 Å². The molecular weight excluding hydrogens is 384 g/mol. The van der Waals surface area contributed by atoms with Gasteiger partial charge >= 0.3 is 6.09 Å². The van der Waals surface area contributed by atoms with E-state index in [9.17, 15) is 4.79 Å². The summed E-state index contributed by atoms with van der Waals surface area (Å²) in [6.45, 7) is 9.76. The third kappa shape index (κ3) is 5.14. The van der Waals surface area contributed by atoms with Crippen LogP contribution in [0.4, 0.5) is 4.79 Å². The molecular formula is C22H36N4O4.